The number of hydrogen-bond donors (Lipinski definition) is 1. The van der Waals surface area contributed by atoms with Crippen molar-refractivity contribution in [3.63, 3.8) is 0 Å². The number of benzene rings is 1. The maximum absolute atomic E-state index is 13.5. The van der Waals surface area contributed by atoms with Gasteiger partial charge in [0.15, 0.2) is 9.84 Å². The number of halogens is 1. The van der Waals surface area contributed by atoms with Crippen molar-refractivity contribution in [1.29, 1.82) is 0 Å². The lowest BCUT2D eigenvalue weighted by atomic mass is 10.1. The van der Waals surface area contributed by atoms with Crippen molar-refractivity contribution in [3.8, 4) is 5.75 Å². The number of rotatable bonds is 6. The number of aliphatic hydroxyl groups excluding tert-OH is 1. The Labute approximate surface area is 106 Å². The molecular formula is C12H17FO4S. The molecule has 1 aromatic rings. The second-order valence-corrected chi connectivity index (χ2v) is 6.42. The number of aliphatic hydroxyl groups is 1. The molecule has 0 saturated carbocycles. The Kier molecular flexibility index (Phi) is 5.10. The van der Waals surface area contributed by atoms with E-state index in [9.17, 15) is 17.9 Å². The fourth-order valence-corrected chi connectivity index (χ4v) is 1.99. The minimum absolute atomic E-state index is 0.0103. The molecule has 0 unspecified atom stereocenters. The highest BCUT2D eigenvalue weighted by atomic mass is 32.2. The smallest absolute Gasteiger partial charge is 0.153 e. The number of hydrogen-bond acceptors (Lipinski definition) is 4. The molecule has 0 aliphatic rings. The van der Waals surface area contributed by atoms with Gasteiger partial charge in [-0.3, -0.25) is 0 Å². The van der Waals surface area contributed by atoms with E-state index >= 15 is 0 Å². The molecule has 0 aliphatic heterocycles. The van der Waals surface area contributed by atoms with Gasteiger partial charge in [0.25, 0.3) is 0 Å². The van der Waals surface area contributed by atoms with Crippen LogP contribution in [0.25, 0.3) is 0 Å². The summed E-state index contributed by atoms with van der Waals surface area (Å²) in [6.45, 7) is 3.02. The summed E-state index contributed by atoms with van der Waals surface area (Å²) < 4.78 is 41.1. The Morgan fingerprint density at radius 1 is 1.44 bits per heavy atom. The van der Waals surface area contributed by atoms with Gasteiger partial charge < -0.3 is 9.84 Å². The first kappa shape index (κ1) is 14.9. The molecule has 4 nitrogen and oxygen atoms in total. The molecule has 0 saturated heterocycles. The zero-order valence-electron chi connectivity index (χ0n) is 10.4. The van der Waals surface area contributed by atoms with Crippen LogP contribution in [0.3, 0.4) is 0 Å². The first-order valence-corrected chi connectivity index (χ1v) is 7.48. The summed E-state index contributed by atoms with van der Waals surface area (Å²) in [4.78, 5) is 0. The van der Waals surface area contributed by atoms with E-state index in [2.05, 4.69) is 0 Å². The van der Waals surface area contributed by atoms with Crippen molar-refractivity contribution in [3.05, 3.63) is 29.6 Å². The lowest BCUT2D eigenvalue weighted by Crippen LogP contribution is -2.15. The van der Waals surface area contributed by atoms with Crippen LogP contribution in [0, 0.1) is 5.82 Å². The topological polar surface area (TPSA) is 63.6 Å². The summed E-state index contributed by atoms with van der Waals surface area (Å²) >= 11 is 0. The van der Waals surface area contributed by atoms with Gasteiger partial charge in [0.1, 0.15) is 18.2 Å². The number of ether oxygens (including phenoxy) is 1. The Morgan fingerprint density at radius 2 is 2.11 bits per heavy atom. The van der Waals surface area contributed by atoms with E-state index < -0.39 is 21.8 Å². The van der Waals surface area contributed by atoms with E-state index in [0.29, 0.717) is 0 Å². The van der Waals surface area contributed by atoms with Gasteiger partial charge in [-0.15, -0.1) is 0 Å². The molecule has 0 fully saturated rings. The molecule has 0 bridgehead atoms. The molecule has 0 heterocycles. The second-order valence-electron chi connectivity index (χ2n) is 3.94. The quantitative estimate of drug-likeness (QED) is 0.859. The molecule has 1 rings (SSSR count). The van der Waals surface area contributed by atoms with Crippen LogP contribution < -0.4 is 4.74 Å². The zero-order chi connectivity index (χ0) is 13.8. The van der Waals surface area contributed by atoms with Gasteiger partial charge in [-0.1, -0.05) is 6.92 Å². The van der Waals surface area contributed by atoms with Crippen molar-refractivity contribution in [1.82, 2.24) is 0 Å². The Morgan fingerprint density at radius 3 is 2.61 bits per heavy atom. The van der Waals surface area contributed by atoms with Crippen LogP contribution in [0.2, 0.25) is 0 Å². The van der Waals surface area contributed by atoms with Crippen LogP contribution in [-0.2, 0) is 9.84 Å². The highest BCUT2D eigenvalue weighted by Crippen LogP contribution is 2.21. The molecule has 6 heteroatoms. The summed E-state index contributed by atoms with van der Waals surface area (Å²) in [5.41, 5.74) is 0.184. The van der Waals surface area contributed by atoms with Crippen LogP contribution in [0.1, 0.15) is 25.5 Å². The average Bonchev–Trinajstić information content (AvgIpc) is 2.28. The Hall–Kier alpha value is -1.14. The van der Waals surface area contributed by atoms with Crippen LogP contribution in [-0.4, -0.2) is 31.6 Å². The van der Waals surface area contributed by atoms with E-state index in [0.717, 1.165) is 6.07 Å². The summed E-state index contributed by atoms with van der Waals surface area (Å²) in [7, 11) is -3.08. The first-order chi connectivity index (χ1) is 8.35. The standard InChI is InChI=1S/C12H17FO4S/c1-3-18(15,16)7-6-17-10-4-5-11(9(2)14)12(13)8-10/h4-5,8-9,14H,3,6-7H2,1-2H3/t9-/m0/s1. The molecular weight excluding hydrogens is 259 g/mol. The second kappa shape index (κ2) is 6.15. The number of sulfone groups is 1. The summed E-state index contributed by atoms with van der Waals surface area (Å²) in [6.07, 6.45) is -0.889. The highest BCUT2D eigenvalue weighted by molar-refractivity contribution is 7.91. The lowest BCUT2D eigenvalue weighted by molar-refractivity contribution is 0.194. The first-order valence-electron chi connectivity index (χ1n) is 5.66. The maximum atomic E-state index is 13.5. The van der Waals surface area contributed by atoms with E-state index in [4.69, 9.17) is 4.74 Å². The van der Waals surface area contributed by atoms with Gasteiger partial charge in [-0.2, -0.15) is 0 Å². The third-order valence-corrected chi connectivity index (χ3v) is 4.19. The van der Waals surface area contributed by atoms with Gasteiger partial charge in [-0.25, -0.2) is 12.8 Å². The molecule has 0 spiro atoms. The van der Waals surface area contributed by atoms with Crippen LogP contribution in [0.4, 0.5) is 4.39 Å². The zero-order valence-corrected chi connectivity index (χ0v) is 11.2. The molecule has 0 radical (unpaired) electrons. The molecule has 1 atom stereocenters. The fraction of sp³-hybridized carbons (Fsp3) is 0.500. The largest absolute Gasteiger partial charge is 0.492 e. The molecule has 0 aromatic heterocycles. The molecule has 0 aliphatic carbocycles. The van der Waals surface area contributed by atoms with E-state index in [1.165, 1.54) is 19.1 Å². The van der Waals surface area contributed by atoms with Gasteiger partial charge in [0.2, 0.25) is 0 Å². The normalized spacial score (nSPS) is 13.3. The molecule has 1 aromatic carbocycles. The van der Waals surface area contributed by atoms with E-state index in [-0.39, 0.29) is 29.4 Å². The summed E-state index contributed by atoms with van der Waals surface area (Å²) in [6, 6.07) is 4.06. The fourth-order valence-electron chi connectivity index (χ4n) is 1.37. The summed E-state index contributed by atoms with van der Waals surface area (Å²) in [5.74, 6) is -0.348. The third kappa shape index (κ3) is 4.27. The van der Waals surface area contributed by atoms with Crippen LogP contribution in [0.15, 0.2) is 18.2 Å². The van der Waals surface area contributed by atoms with Crippen LogP contribution in [0.5, 0.6) is 5.75 Å². The van der Waals surface area contributed by atoms with Gasteiger partial charge in [0, 0.05) is 17.4 Å². The summed E-state index contributed by atoms with van der Waals surface area (Å²) in [5, 5.41) is 9.25. The van der Waals surface area contributed by atoms with Crippen LogP contribution >= 0.6 is 0 Å². The molecule has 1 N–H and O–H groups in total. The molecule has 0 amide bonds. The third-order valence-electron chi connectivity index (χ3n) is 2.52. The lowest BCUT2D eigenvalue weighted by Gasteiger charge is -2.09. The van der Waals surface area contributed by atoms with Crippen molar-refractivity contribution in [2.24, 2.45) is 0 Å². The monoisotopic (exact) mass is 276 g/mol. The van der Waals surface area contributed by atoms with Crippen molar-refractivity contribution in [2.45, 2.75) is 20.0 Å². The minimum atomic E-state index is -3.08. The average molecular weight is 276 g/mol. The predicted octanol–water partition coefficient (Wildman–Crippen LogP) is 1.69. The highest BCUT2D eigenvalue weighted by Gasteiger charge is 2.10. The SMILES string of the molecule is CCS(=O)(=O)CCOc1ccc([C@H](C)O)c(F)c1. The van der Waals surface area contributed by atoms with Gasteiger partial charge in [0.05, 0.1) is 11.9 Å². The van der Waals surface area contributed by atoms with Crippen molar-refractivity contribution in [2.75, 3.05) is 18.1 Å². The maximum Gasteiger partial charge on any atom is 0.153 e. The van der Waals surface area contributed by atoms with Crippen molar-refractivity contribution < 1.29 is 22.7 Å². The van der Waals surface area contributed by atoms with Gasteiger partial charge in [-0.05, 0) is 19.1 Å². The van der Waals surface area contributed by atoms with Crippen molar-refractivity contribution >= 4 is 9.84 Å². The Bertz CT molecular complexity index is 497. The minimum Gasteiger partial charge on any atom is -0.492 e. The van der Waals surface area contributed by atoms with E-state index in [1.54, 1.807) is 6.92 Å². The Balaban J connectivity index is 2.62. The predicted molar refractivity (Wildman–Crippen MR) is 66.9 cm³/mol. The van der Waals surface area contributed by atoms with E-state index in [1.807, 2.05) is 0 Å². The van der Waals surface area contributed by atoms with Gasteiger partial charge >= 0.3 is 0 Å². The molecule has 18 heavy (non-hydrogen) atoms. The molecule has 102 valence electrons.